The van der Waals surface area contributed by atoms with Crippen LogP contribution in [0.4, 0.5) is 14.6 Å². The molecule has 10 heteroatoms. The minimum Gasteiger partial charge on any atom is -0.394 e. The van der Waals surface area contributed by atoms with E-state index in [1.54, 1.807) is 0 Å². The van der Waals surface area contributed by atoms with Crippen molar-refractivity contribution in [2.75, 3.05) is 19.0 Å². The van der Waals surface area contributed by atoms with Crippen LogP contribution in [-0.2, 0) is 4.74 Å². The lowest BCUT2D eigenvalue weighted by Gasteiger charge is -2.27. The molecule has 1 aromatic heterocycles. The van der Waals surface area contributed by atoms with Gasteiger partial charge in [0.25, 0.3) is 0 Å². The Labute approximate surface area is 126 Å². The molecule has 0 spiro atoms. The van der Waals surface area contributed by atoms with Crippen LogP contribution in [-0.4, -0.2) is 50.7 Å². The summed E-state index contributed by atoms with van der Waals surface area (Å²) in [5, 5.41) is 19.6. The Bertz CT molecular complexity index is 760. The standard InChI is InChI=1S/C12H14F2N4O4/c13-3-1-2-12(16)8(20)7(5-19)22-10(12)18-4-6(14)9(15)17-11(18)21/h4,7-8,10,19-20H,3,5,16H2,(H2,15,17,21)/t7-,8+,10-,12?/m1/s1/i5D2. The van der Waals surface area contributed by atoms with Crippen LogP contribution in [0.15, 0.2) is 11.0 Å². The Kier molecular flexibility index (Phi) is 3.69. The summed E-state index contributed by atoms with van der Waals surface area (Å²) in [5.74, 6) is 2.27. The molecule has 4 atom stereocenters. The number of aliphatic hydroxyl groups is 2. The summed E-state index contributed by atoms with van der Waals surface area (Å²) < 4.78 is 46.1. The Morgan fingerprint density at radius 3 is 2.95 bits per heavy atom. The number of rotatable bonds is 2. The minimum absolute atomic E-state index is 0.494. The molecule has 1 unspecified atom stereocenters. The molecule has 0 radical (unpaired) electrons. The van der Waals surface area contributed by atoms with Gasteiger partial charge >= 0.3 is 5.69 Å². The molecule has 2 rings (SSSR count). The lowest BCUT2D eigenvalue weighted by atomic mass is 9.91. The van der Waals surface area contributed by atoms with Crippen molar-refractivity contribution in [2.45, 2.75) is 24.0 Å². The van der Waals surface area contributed by atoms with Crippen molar-refractivity contribution in [1.29, 1.82) is 0 Å². The molecular formula is C12H14F2N4O4. The van der Waals surface area contributed by atoms with Gasteiger partial charge in [0.2, 0.25) is 0 Å². The van der Waals surface area contributed by atoms with Gasteiger partial charge in [-0.15, -0.1) is 0 Å². The van der Waals surface area contributed by atoms with Crippen LogP contribution in [0.1, 0.15) is 8.97 Å². The molecule has 1 aliphatic rings. The molecule has 0 saturated carbocycles. The quantitative estimate of drug-likeness (QED) is 0.458. The number of aromatic nitrogens is 2. The van der Waals surface area contributed by atoms with Crippen LogP contribution in [0, 0.1) is 17.7 Å². The van der Waals surface area contributed by atoms with E-state index in [1.165, 1.54) is 0 Å². The highest BCUT2D eigenvalue weighted by atomic mass is 19.1. The van der Waals surface area contributed by atoms with Crippen molar-refractivity contribution in [1.82, 2.24) is 9.55 Å². The van der Waals surface area contributed by atoms with Crippen molar-refractivity contribution in [3.63, 3.8) is 0 Å². The monoisotopic (exact) mass is 318 g/mol. The van der Waals surface area contributed by atoms with Crippen LogP contribution in [0.5, 0.6) is 0 Å². The zero-order valence-electron chi connectivity index (χ0n) is 13.0. The van der Waals surface area contributed by atoms with Crippen LogP contribution in [0.25, 0.3) is 0 Å². The molecule has 1 fully saturated rings. The normalized spacial score (nSPS) is 32.9. The first kappa shape index (κ1) is 13.6. The van der Waals surface area contributed by atoms with Crippen LogP contribution in [0.3, 0.4) is 0 Å². The molecule has 1 saturated heterocycles. The Morgan fingerprint density at radius 2 is 2.36 bits per heavy atom. The summed E-state index contributed by atoms with van der Waals surface area (Å²) in [6, 6.07) is 0. The number of ether oxygens (including phenoxy) is 1. The van der Waals surface area contributed by atoms with E-state index >= 15 is 0 Å². The van der Waals surface area contributed by atoms with Crippen molar-refractivity contribution >= 4 is 5.82 Å². The van der Waals surface area contributed by atoms with Crippen LogP contribution in [0.2, 0.25) is 0 Å². The maximum Gasteiger partial charge on any atom is 0.351 e. The van der Waals surface area contributed by atoms with Gasteiger partial charge in [-0.25, -0.2) is 13.6 Å². The number of aliphatic hydroxyl groups excluding tert-OH is 1. The summed E-state index contributed by atoms with van der Waals surface area (Å²) in [6.45, 7) is -4.22. The number of hydrogen-bond acceptors (Lipinski definition) is 7. The van der Waals surface area contributed by atoms with Crippen LogP contribution < -0.4 is 17.2 Å². The second kappa shape index (κ2) is 5.98. The van der Waals surface area contributed by atoms with Gasteiger partial charge < -0.3 is 26.4 Å². The highest BCUT2D eigenvalue weighted by Crippen LogP contribution is 2.35. The molecule has 22 heavy (non-hydrogen) atoms. The largest absolute Gasteiger partial charge is 0.394 e. The van der Waals surface area contributed by atoms with Gasteiger partial charge in [-0.1, -0.05) is 11.8 Å². The van der Waals surface area contributed by atoms with Gasteiger partial charge in [0, 0.05) is 0 Å². The number of anilines is 1. The van der Waals surface area contributed by atoms with Gasteiger partial charge in [0.05, 0.1) is 15.5 Å². The third-order valence-electron chi connectivity index (χ3n) is 3.15. The van der Waals surface area contributed by atoms with E-state index in [-0.39, 0.29) is 0 Å². The Hall–Kier alpha value is -2.06. The fourth-order valence-corrected chi connectivity index (χ4v) is 2.07. The van der Waals surface area contributed by atoms with E-state index in [9.17, 15) is 23.8 Å². The zero-order chi connectivity index (χ0) is 18.3. The average molecular weight is 318 g/mol. The van der Waals surface area contributed by atoms with Gasteiger partial charge in [0.1, 0.15) is 18.9 Å². The van der Waals surface area contributed by atoms with E-state index in [2.05, 4.69) is 10.9 Å². The van der Waals surface area contributed by atoms with Gasteiger partial charge in [-0.05, 0) is 0 Å². The number of nitrogens with zero attached hydrogens (tertiary/aromatic N) is 2. The molecular weight excluding hydrogens is 302 g/mol. The fourth-order valence-electron chi connectivity index (χ4n) is 2.07. The maximum absolute atomic E-state index is 13.6. The maximum atomic E-state index is 13.6. The number of nitrogen functional groups attached to an aromatic ring is 1. The first-order valence-electron chi connectivity index (χ1n) is 6.97. The number of nitrogens with two attached hydrogens (primary N) is 2. The first-order chi connectivity index (χ1) is 11.0. The van der Waals surface area contributed by atoms with Gasteiger partial charge in [0.15, 0.2) is 23.4 Å². The molecule has 2 heterocycles. The molecule has 6 N–H and O–H groups in total. The molecule has 1 aliphatic heterocycles. The SMILES string of the molecule is [2H]C([2H])(O)[C@H]1O[C@@H](n2cc(F)c(N)nc2=O)C(N)(C#CCF)[C@H]1O. The zero-order valence-corrected chi connectivity index (χ0v) is 11.0. The molecule has 0 bridgehead atoms. The summed E-state index contributed by atoms with van der Waals surface area (Å²) in [6.07, 6.45) is -5.08. The molecule has 0 aliphatic carbocycles. The predicted octanol–water partition coefficient (Wildman–Crippen LogP) is -2.11. The van der Waals surface area contributed by atoms with E-state index < -0.39 is 54.5 Å². The van der Waals surface area contributed by atoms with Crippen LogP contribution >= 0.6 is 0 Å². The number of hydrogen-bond donors (Lipinski definition) is 4. The van der Waals surface area contributed by atoms with Crippen molar-refractivity contribution in [3.05, 3.63) is 22.5 Å². The summed E-state index contributed by atoms with van der Waals surface area (Å²) in [5.41, 5.74) is 7.69. The van der Waals surface area contributed by atoms with E-state index in [1.807, 2.05) is 5.92 Å². The second-order valence-electron chi connectivity index (χ2n) is 4.52. The van der Waals surface area contributed by atoms with Gasteiger partial charge in [-0.3, -0.25) is 4.57 Å². The number of halogens is 2. The number of alkyl halides is 1. The Balaban J connectivity index is 2.62. The topological polar surface area (TPSA) is 137 Å². The first-order valence-corrected chi connectivity index (χ1v) is 5.97. The molecule has 8 nitrogen and oxygen atoms in total. The smallest absolute Gasteiger partial charge is 0.351 e. The second-order valence-corrected chi connectivity index (χ2v) is 4.52. The Morgan fingerprint density at radius 1 is 1.68 bits per heavy atom. The van der Waals surface area contributed by atoms with E-state index in [0.717, 1.165) is 0 Å². The highest BCUT2D eigenvalue weighted by molar-refractivity contribution is 5.29. The molecule has 120 valence electrons. The third-order valence-corrected chi connectivity index (χ3v) is 3.15. The summed E-state index contributed by atoms with van der Waals surface area (Å²) in [7, 11) is 0. The van der Waals surface area contributed by atoms with Crippen molar-refractivity contribution in [3.8, 4) is 11.8 Å². The van der Waals surface area contributed by atoms with Gasteiger partial charge in [-0.2, -0.15) is 4.98 Å². The minimum atomic E-state index is -3.07. The highest BCUT2D eigenvalue weighted by Gasteiger charge is 2.54. The summed E-state index contributed by atoms with van der Waals surface area (Å²) in [4.78, 5) is 15.1. The fraction of sp³-hybridized carbons (Fsp3) is 0.500. The lowest BCUT2D eigenvalue weighted by molar-refractivity contribution is -0.0479. The predicted molar refractivity (Wildman–Crippen MR) is 70.5 cm³/mol. The van der Waals surface area contributed by atoms with E-state index in [4.69, 9.17) is 18.9 Å². The molecule has 1 aromatic rings. The summed E-state index contributed by atoms with van der Waals surface area (Å²) >= 11 is 0. The van der Waals surface area contributed by atoms with Crippen molar-refractivity contribution in [2.24, 2.45) is 5.73 Å². The molecule has 0 amide bonds. The van der Waals surface area contributed by atoms with Crippen molar-refractivity contribution < 1.29 is 26.5 Å². The average Bonchev–Trinajstić information content (AvgIpc) is 2.74. The molecule has 0 aromatic carbocycles. The third kappa shape index (κ3) is 2.55. The van der Waals surface area contributed by atoms with E-state index in [0.29, 0.717) is 10.8 Å². The lowest BCUT2D eigenvalue weighted by Crippen LogP contribution is -2.55.